The number of benzene rings is 2. The third-order valence-electron chi connectivity index (χ3n) is 6.26. The predicted octanol–water partition coefficient (Wildman–Crippen LogP) is 4.96. The van der Waals surface area contributed by atoms with Gasteiger partial charge in [0, 0.05) is 58.9 Å². The van der Waals surface area contributed by atoms with Gasteiger partial charge in [0.1, 0.15) is 0 Å². The maximum absolute atomic E-state index is 12.7. The third kappa shape index (κ3) is 4.68. The first-order chi connectivity index (χ1) is 16.0. The van der Waals surface area contributed by atoms with Crippen molar-refractivity contribution in [2.75, 3.05) is 29.4 Å². The molecule has 2 saturated heterocycles. The zero-order valence-electron chi connectivity index (χ0n) is 18.1. The molecule has 0 spiro atoms. The highest BCUT2D eigenvalue weighted by Crippen LogP contribution is 2.30. The lowest BCUT2D eigenvalue weighted by molar-refractivity contribution is -0.119. The van der Waals surface area contributed by atoms with Crippen LogP contribution >= 0.6 is 27.3 Å². The Kier molecular flexibility index (Phi) is 6.21. The Morgan fingerprint density at radius 2 is 1.76 bits per heavy atom. The van der Waals surface area contributed by atoms with Gasteiger partial charge in [0.25, 0.3) is 5.91 Å². The Morgan fingerprint density at radius 1 is 1.00 bits per heavy atom. The van der Waals surface area contributed by atoms with Crippen molar-refractivity contribution in [2.24, 2.45) is 5.92 Å². The number of hydrogen-bond acceptors (Lipinski definition) is 4. The summed E-state index contributed by atoms with van der Waals surface area (Å²) in [4.78, 5) is 41.7. The second-order valence-electron chi connectivity index (χ2n) is 8.60. The molecular weight excluding hydrogens is 502 g/mol. The fourth-order valence-corrected chi connectivity index (χ4v) is 6.03. The van der Waals surface area contributed by atoms with Gasteiger partial charge in [-0.25, -0.2) is 0 Å². The number of nitrogens with zero attached hydrogens (tertiary/aromatic N) is 2. The first-order valence-electron chi connectivity index (χ1n) is 11.2. The van der Waals surface area contributed by atoms with Crippen molar-refractivity contribution in [1.82, 2.24) is 5.32 Å². The Balaban J connectivity index is 1.19. The van der Waals surface area contributed by atoms with E-state index in [4.69, 9.17) is 0 Å². The summed E-state index contributed by atoms with van der Waals surface area (Å²) in [6, 6.07) is 15.5. The van der Waals surface area contributed by atoms with Crippen molar-refractivity contribution in [1.29, 1.82) is 0 Å². The van der Waals surface area contributed by atoms with Crippen LogP contribution in [0.25, 0.3) is 10.1 Å². The second kappa shape index (κ2) is 9.27. The van der Waals surface area contributed by atoms with Gasteiger partial charge in [-0.2, -0.15) is 0 Å². The fraction of sp³-hybridized carbons (Fsp3) is 0.320. The normalized spacial score (nSPS) is 18.9. The smallest absolute Gasteiger partial charge is 0.261 e. The molecular formula is C25H24BrN3O3S. The van der Waals surface area contributed by atoms with Gasteiger partial charge in [0.05, 0.1) is 4.88 Å². The van der Waals surface area contributed by atoms with Crippen LogP contribution in [0.1, 0.15) is 35.4 Å². The Labute approximate surface area is 204 Å². The zero-order valence-corrected chi connectivity index (χ0v) is 20.5. The van der Waals surface area contributed by atoms with Gasteiger partial charge in [-0.05, 0) is 60.7 Å². The van der Waals surface area contributed by atoms with Crippen molar-refractivity contribution in [3.63, 3.8) is 0 Å². The average Bonchev–Trinajstić information content (AvgIpc) is 3.41. The quantitative estimate of drug-likeness (QED) is 0.511. The van der Waals surface area contributed by atoms with E-state index in [0.717, 1.165) is 45.3 Å². The highest BCUT2D eigenvalue weighted by Gasteiger charge is 2.31. The van der Waals surface area contributed by atoms with E-state index in [2.05, 4.69) is 21.2 Å². The molecule has 2 fully saturated rings. The van der Waals surface area contributed by atoms with Gasteiger partial charge >= 0.3 is 0 Å². The van der Waals surface area contributed by atoms with Crippen molar-refractivity contribution < 1.29 is 14.4 Å². The van der Waals surface area contributed by atoms with E-state index in [9.17, 15) is 14.4 Å². The molecule has 1 atom stereocenters. The molecule has 6 nitrogen and oxygen atoms in total. The largest absolute Gasteiger partial charge is 0.351 e. The number of carbonyl (C=O) groups is 3. The summed E-state index contributed by atoms with van der Waals surface area (Å²) in [5, 5.41) is 4.05. The number of carbonyl (C=O) groups excluding carboxylic acids is 3. The lowest BCUT2D eigenvalue weighted by Gasteiger charge is -2.27. The predicted molar refractivity (Wildman–Crippen MR) is 135 cm³/mol. The van der Waals surface area contributed by atoms with Crippen molar-refractivity contribution in [2.45, 2.75) is 25.7 Å². The first-order valence-corrected chi connectivity index (χ1v) is 12.8. The molecule has 0 saturated carbocycles. The molecule has 3 amide bonds. The summed E-state index contributed by atoms with van der Waals surface area (Å²) in [6.45, 7) is 1.78. The van der Waals surface area contributed by atoms with E-state index in [1.807, 2.05) is 53.4 Å². The van der Waals surface area contributed by atoms with Crippen molar-refractivity contribution in [3.05, 3.63) is 57.9 Å². The van der Waals surface area contributed by atoms with E-state index >= 15 is 0 Å². The topological polar surface area (TPSA) is 69.7 Å². The summed E-state index contributed by atoms with van der Waals surface area (Å²) < 4.78 is 2.05. The molecule has 0 aliphatic carbocycles. The average molecular weight is 526 g/mol. The van der Waals surface area contributed by atoms with E-state index in [1.54, 1.807) is 4.90 Å². The SMILES string of the molecule is O=C(NCC1CC(=O)N(c2ccc(N3CCCCC3=O)cc2)C1)c1cc2ccc(Br)cc2s1. The number of fused-ring (bicyclic) bond motifs is 1. The first kappa shape index (κ1) is 22.1. The van der Waals surface area contributed by atoms with Crippen molar-refractivity contribution in [3.8, 4) is 0 Å². The molecule has 33 heavy (non-hydrogen) atoms. The van der Waals surface area contributed by atoms with Crippen LogP contribution in [0.4, 0.5) is 11.4 Å². The van der Waals surface area contributed by atoms with Gasteiger partial charge < -0.3 is 15.1 Å². The molecule has 2 aliphatic rings. The molecule has 1 unspecified atom stereocenters. The minimum atomic E-state index is -0.103. The summed E-state index contributed by atoms with van der Waals surface area (Å²) in [7, 11) is 0. The van der Waals surface area contributed by atoms with E-state index < -0.39 is 0 Å². The molecule has 3 heterocycles. The highest BCUT2D eigenvalue weighted by atomic mass is 79.9. The summed E-state index contributed by atoms with van der Waals surface area (Å²) in [6.07, 6.45) is 2.98. The zero-order chi connectivity index (χ0) is 22.9. The van der Waals surface area contributed by atoms with Gasteiger partial charge in [-0.15, -0.1) is 11.3 Å². The Morgan fingerprint density at radius 3 is 2.52 bits per heavy atom. The molecule has 170 valence electrons. The van der Waals surface area contributed by atoms with Crippen LogP contribution in [0.15, 0.2) is 53.0 Å². The molecule has 0 radical (unpaired) electrons. The molecule has 2 aromatic carbocycles. The molecule has 5 rings (SSSR count). The molecule has 1 N–H and O–H groups in total. The summed E-state index contributed by atoms with van der Waals surface area (Å²) >= 11 is 4.93. The van der Waals surface area contributed by atoms with Crippen LogP contribution in [-0.2, 0) is 9.59 Å². The Hall–Kier alpha value is -2.71. The van der Waals surface area contributed by atoms with Crippen LogP contribution in [0, 0.1) is 5.92 Å². The van der Waals surface area contributed by atoms with Crippen LogP contribution < -0.4 is 15.1 Å². The van der Waals surface area contributed by atoms with Gasteiger partial charge in [-0.3, -0.25) is 14.4 Å². The lowest BCUT2D eigenvalue weighted by atomic mass is 10.1. The number of nitrogens with one attached hydrogen (secondary N) is 1. The monoisotopic (exact) mass is 525 g/mol. The maximum atomic E-state index is 12.7. The minimum Gasteiger partial charge on any atom is -0.351 e. The van der Waals surface area contributed by atoms with E-state index in [-0.39, 0.29) is 23.6 Å². The number of rotatable bonds is 5. The molecule has 1 aromatic heterocycles. The molecule has 0 bridgehead atoms. The second-order valence-corrected chi connectivity index (χ2v) is 10.6. The Bertz CT molecular complexity index is 1220. The van der Waals surface area contributed by atoms with Crippen LogP contribution in [-0.4, -0.2) is 37.4 Å². The molecule has 2 aliphatic heterocycles. The fourth-order valence-electron chi connectivity index (χ4n) is 4.50. The minimum absolute atomic E-state index is 0.0581. The van der Waals surface area contributed by atoms with Crippen LogP contribution in [0.3, 0.4) is 0 Å². The van der Waals surface area contributed by atoms with E-state index in [0.29, 0.717) is 30.8 Å². The summed E-state index contributed by atoms with van der Waals surface area (Å²) in [5.41, 5.74) is 1.71. The molecule has 3 aromatic rings. The maximum Gasteiger partial charge on any atom is 0.261 e. The lowest BCUT2D eigenvalue weighted by Crippen LogP contribution is -2.35. The number of thiophene rings is 1. The highest BCUT2D eigenvalue weighted by molar-refractivity contribution is 9.10. The standard InChI is InChI=1S/C25H24BrN3O3S/c26-18-5-4-17-12-22(33-21(17)13-18)25(32)27-14-16-11-24(31)29(15-16)20-8-6-19(7-9-20)28-10-2-1-3-23(28)30/h4-9,12-13,16H,1-3,10-11,14-15H2,(H,27,32). The number of amides is 3. The number of halogens is 1. The number of anilines is 2. The van der Waals surface area contributed by atoms with Gasteiger partial charge in [0.15, 0.2) is 0 Å². The van der Waals surface area contributed by atoms with Crippen LogP contribution in [0.2, 0.25) is 0 Å². The van der Waals surface area contributed by atoms with E-state index in [1.165, 1.54) is 11.3 Å². The third-order valence-corrected chi connectivity index (χ3v) is 7.85. The summed E-state index contributed by atoms with van der Waals surface area (Å²) in [5.74, 6) is 0.179. The van der Waals surface area contributed by atoms with Gasteiger partial charge in [0.2, 0.25) is 11.8 Å². The van der Waals surface area contributed by atoms with Gasteiger partial charge in [-0.1, -0.05) is 22.0 Å². The van der Waals surface area contributed by atoms with Crippen molar-refractivity contribution >= 4 is 66.4 Å². The van der Waals surface area contributed by atoms with Crippen LogP contribution in [0.5, 0.6) is 0 Å². The molecule has 8 heteroatoms. The number of piperidine rings is 1. The number of hydrogen-bond donors (Lipinski definition) is 1.